The van der Waals surface area contributed by atoms with E-state index >= 15 is 0 Å². The molecule has 0 radical (unpaired) electrons. The van der Waals surface area contributed by atoms with Crippen molar-refractivity contribution in [1.29, 1.82) is 0 Å². The first-order valence-electron chi connectivity index (χ1n) is 7.20. The van der Waals surface area contributed by atoms with Crippen LogP contribution in [-0.2, 0) is 4.79 Å². The van der Waals surface area contributed by atoms with Gasteiger partial charge in [-0.2, -0.15) is 5.10 Å². The maximum Gasteiger partial charge on any atom is 0.326 e. The predicted octanol–water partition coefficient (Wildman–Crippen LogP) is 1.98. The lowest BCUT2D eigenvalue weighted by atomic mass is 10.1. The summed E-state index contributed by atoms with van der Waals surface area (Å²) in [6, 6.07) is 8.61. The molecule has 1 aliphatic carbocycles. The van der Waals surface area contributed by atoms with Crippen LogP contribution in [-0.4, -0.2) is 33.2 Å². The number of aliphatic carboxylic acids is 1. The van der Waals surface area contributed by atoms with E-state index in [4.69, 9.17) is 5.11 Å². The van der Waals surface area contributed by atoms with Crippen LogP contribution in [0, 0.1) is 12.8 Å². The number of aromatic nitrogens is 2. The number of carbonyl (C=O) groups is 2. The number of H-pyrrole nitrogens is 1. The third-order valence-corrected chi connectivity index (χ3v) is 3.82. The number of nitrogens with zero attached hydrogens (tertiary/aromatic N) is 1. The number of hydrogen-bond acceptors (Lipinski definition) is 3. The molecule has 2 aromatic rings. The molecule has 3 N–H and O–H groups in total. The molecular weight excluding hydrogens is 282 g/mol. The van der Waals surface area contributed by atoms with Crippen molar-refractivity contribution in [3.63, 3.8) is 0 Å². The Morgan fingerprint density at radius 3 is 2.59 bits per heavy atom. The second kappa shape index (κ2) is 5.63. The van der Waals surface area contributed by atoms with Crippen molar-refractivity contribution in [2.45, 2.75) is 25.8 Å². The molecule has 1 fully saturated rings. The first kappa shape index (κ1) is 14.3. The first-order chi connectivity index (χ1) is 10.5. The quantitative estimate of drug-likeness (QED) is 0.786. The van der Waals surface area contributed by atoms with Crippen LogP contribution in [0.2, 0.25) is 0 Å². The maximum atomic E-state index is 12.1. The summed E-state index contributed by atoms with van der Waals surface area (Å²) in [5.74, 6) is -1.39. The molecule has 1 saturated carbocycles. The van der Waals surface area contributed by atoms with Crippen LogP contribution in [0.4, 0.5) is 0 Å². The number of hydrogen-bond donors (Lipinski definition) is 3. The Balaban J connectivity index is 1.74. The van der Waals surface area contributed by atoms with E-state index in [0.717, 1.165) is 24.0 Å². The molecule has 6 nitrogen and oxygen atoms in total. The van der Waals surface area contributed by atoms with E-state index in [0.29, 0.717) is 5.69 Å². The Kier molecular flexibility index (Phi) is 3.66. The minimum absolute atomic E-state index is 0.0425. The number of aryl methyl sites for hydroxylation is 1. The van der Waals surface area contributed by atoms with Gasteiger partial charge in [0.2, 0.25) is 0 Å². The minimum Gasteiger partial charge on any atom is -0.480 e. The van der Waals surface area contributed by atoms with E-state index < -0.39 is 17.9 Å². The number of amides is 1. The molecule has 1 atom stereocenters. The van der Waals surface area contributed by atoms with Crippen LogP contribution in [0.1, 0.15) is 28.9 Å². The summed E-state index contributed by atoms with van der Waals surface area (Å²) in [4.78, 5) is 23.3. The molecule has 6 heteroatoms. The number of carboxylic acids is 1. The third-order valence-electron chi connectivity index (χ3n) is 3.82. The fourth-order valence-electron chi connectivity index (χ4n) is 2.34. The van der Waals surface area contributed by atoms with Gasteiger partial charge in [-0.25, -0.2) is 4.79 Å². The van der Waals surface area contributed by atoms with Gasteiger partial charge in [0.05, 0.1) is 5.69 Å². The molecule has 0 saturated heterocycles. The van der Waals surface area contributed by atoms with Crippen LogP contribution < -0.4 is 5.32 Å². The molecule has 22 heavy (non-hydrogen) atoms. The van der Waals surface area contributed by atoms with Gasteiger partial charge >= 0.3 is 5.97 Å². The molecular formula is C16H17N3O3. The summed E-state index contributed by atoms with van der Waals surface area (Å²) < 4.78 is 0. The predicted molar refractivity (Wildman–Crippen MR) is 80.4 cm³/mol. The van der Waals surface area contributed by atoms with Crippen molar-refractivity contribution in [1.82, 2.24) is 15.5 Å². The van der Waals surface area contributed by atoms with Gasteiger partial charge in [0.25, 0.3) is 5.91 Å². The van der Waals surface area contributed by atoms with Crippen molar-refractivity contribution >= 4 is 11.9 Å². The van der Waals surface area contributed by atoms with Gasteiger partial charge in [-0.15, -0.1) is 0 Å². The van der Waals surface area contributed by atoms with E-state index in [1.165, 1.54) is 0 Å². The molecule has 0 aliphatic heterocycles. The Labute approximate surface area is 127 Å². The summed E-state index contributed by atoms with van der Waals surface area (Å²) >= 11 is 0. The Morgan fingerprint density at radius 1 is 1.32 bits per heavy atom. The second-order valence-corrected chi connectivity index (χ2v) is 5.66. The number of carboxylic acid groups (broad SMARTS) is 1. The Bertz CT molecular complexity index is 702. The van der Waals surface area contributed by atoms with Crippen molar-refractivity contribution in [2.75, 3.05) is 0 Å². The summed E-state index contributed by atoms with van der Waals surface area (Å²) in [7, 11) is 0. The topological polar surface area (TPSA) is 95.1 Å². The number of aromatic amines is 1. The lowest BCUT2D eigenvalue weighted by molar-refractivity contribution is -0.139. The maximum absolute atomic E-state index is 12.1. The highest BCUT2D eigenvalue weighted by molar-refractivity contribution is 5.96. The van der Waals surface area contributed by atoms with Gasteiger partial charge in [0.15, 0.2) is 0 Å². The van der Waals surface area contributed by atoms with E-state index in [1.807, 2.05) is 31.2 Å². The first-order valence-corrected chi connectivity index (χ1v) is 7.20. The van der Waals surface area contributed by atoms with Gasteiger partial charge in [0.1, 0.15) is 11.7 Å². The number of benzene rings is 1. The molecule has 1 heterocycles. The summed E-state index contributed by atoms with van der Waals surface area (Å²) in [5.41, 5.74) is 2.97. The van der Waals surface area contributed by atoms with Crippen molar-refractivity contribution in [2.24, 2.45) is 5.92 Å². The average molecular weight is 299 g/mol. The third kappa shape index (κ3) is 3.00. The van der Waals surface area contributed by atoms with Crippen LogP contribution in [0.5, 0.6) is 0 Å². The van der Waals surface area contributed by atoms with E-state index in [-0.39, 0.29) is 11.6 Å². The smallest absolute Gasteiger partial charge is 0.326 e. The van der Waals surface area contributed by atoms with Crippen LogP contribution in [0.3, 0.4) is 0 Å². The monoisotopic (exact) mass is 299 g/mol. The standard InChI is InChI=1S/C16H17N3O3/c1-9-2-4-10(5-3-9)12-8-13(19-18-12)15(20)17-14(16(21)22)11-6-7-11/h2-5,8,11,14H,6-7H2,1H3,(H,17,20)(H,18,19)(H,21,22). The molecule has 1 aromatic carbocycles. The van der Waals surface area contributed by atoms with Crippen LogP contribution >= 0.6 is 0 Å². The highest BCUT2D eigenvalue weighted by Gasteiger charge is 2.37. The van der Waals surface area contributed by atoms with Crippen LogP contribution in [0.15, 0.2) is 30.3 Å². The number of nitrogens with one attached hydrogen (secondary N) is 2. The summed E-state index contributed by atoms with van der Waals surface area (Å²) in [5, 5.41) is 18.5. The molecule has 3 rings (SSSR count). The van der Waals surface area contributed by atoms with E-state index in [1.54, 1.807) is 6.07 Å². The zero-order valence-electron chi connectivity index (χ0n) is 12.2. The number of rotatable bonds is 5. The lowest BCUT2D eigenvalue weighted by Crippen LogP contribution is -2.42. The highest BCUT2D eigenvalue weighted by Crippen LogP contribution is 2.32. The largest absolute Gasteiger partial charge is 0.480 e. The van der Waals surface area contributed by atoms with Crippen molar-refractivity contribution in [3.05, 3.63) is 41.6 Å². The molecule has 0 spiro atoms. The van der Waals surface area contributed by atoms with Crippen molar-refractivity contribution in [3.8, 4) is 11.3 Å². The van der Waals surface area contributed by atoms with E-state index in [2.05, 4.69) is 15.5 Å². The molecule has 0 bridgehead atoms. The fraction of sp³-hybridized carbons (Fsp3) is 0.312. The Hall–Kier alpha value is -2.63. The normalized spacial score (nSPS) is 15.3. The molecule has 1 aromatic heterocycles. The average Bonchev–Trinajstić information content (AvgIpc) is 3.21. The zero-order valence-corrected chi connectivity index (χ0v) is 12.2. The lowest BCUT2D eigenvalue weighted by Gasteiger charge is -2.12. The fourth-order valence-corrected chi connectivity index (χ4v) is 2.34. The van der Waals surface area contributed by atoms with Crippen molar-refractivity contribution < 1.29 is 14.7 Å². The molecule has 1 unspecified atom stereocenters. The Morgan fingerprint density at radius 2 is 2.00 bits per heavy atom. The van der Waals surface area contributed by atoms with Gasteiger partial charge in [-0.05, 0) is 31.7 Å². The SMILES string of the molecule is Cc1ccc(-c2cc(C(=O)NC(C(=O)O)C3CC3)[nH]n2)cc1. The highest BCUT2D eigenvalue weighted by atomic mass is 16.4. The van der Waals surface area contributed by atoms with E-state index in [9.17, 15) is 9.59 Å². The zero-order chi connectivity index (χ0) is 15.7. The number of carbonyl (C=O) groups excluding carboxylic acids is 1. The second-order valence-electron chi connectivity index (χ2n) is 5.66. The summed E-state index contributed by atoms with van der Waals surface area (Å²) in [6.45, 7) is 2.00. The molecule has 1 amide bonds. The van der Waals surface area contributed by atoms with Crippen LogP contribution in [0.25, 0.3) is 11.3 Å². The van der Waals surface area contributed by atoms with Gasteiger partial charge in [0, 0.05) is 5.56 Å². The molecule has 114 valence electrons. The van der Waals surface area contributed by atoms with Gasteiger partial charge in [-0.3, -0.25) is 9.89 Å². The minimum atomic E-state index is -0.992. The molecule has 1 aliphatic rings. The van der Waals surface area contributed by atoms with Gasteiger partial charge < -0.3 is 10.4 Å². The summed E-state index contributed by atoms with van der Waals surface area (Å²) in [6.07, 6.45) is 1.68. The van der Waals surface area contributed by atoms with Gasteiger partial charge in [-0.1, -0.05) is 29.8 Å².